The highest BCUT2D eigenvalue weighted by Crippen LogP contribution is 2.39. The molecule has 1 unspecified atom stereocenters. The molecule has 3 aliphatic heterocycles. The minimum absolute atomic E-state index is 0.00704. The summed E-state index contributed by atoms with van der Waals surface area (Å²) in [5, 5.41) is 6.50. The first-order valence-corrected chi connectivity index (χ1v) is 11.8. The zero-order valence-corrected chi connectivity index (χ0v) is 20.1. The Morgan fingerprint density at radius 2 is 1.85 bits per heavy atom. The van der Waals surface area contributed by atoms with Crippen LogP contribution in [0.15, 0.2) is 47.6 Å². The first-order valence-electron chi connectivity index (χ1n) is 11.8. The highest BCUT2D eigenvalue weighted by Gasteiger charge is 2.35. The number of piperidine rings is 1. The minimum atomic E-state index is -0.190. The van der Waals surface area contributed by atoms with E-state index in [1.807, 2.05) is 49.5 Å². The molecular weight excluding hydrogens is 432 g/mol. The number of methoxy groups -OCH3 is 1. The summed E-state index contributed by atoms with van der Waals surface area (Å²) < 4.78 is 16.4. The second-order valence-corrected chi connectivity index (χ2v) is 9.30. The molecule has 1 saturated heterocycles. The molecule has 0 aromatic heterocycles. The normalized spacial score (nSPS) is 20.6. The van der Waals surface area contributed by atoms with Crippen molar-refractivity contribution in [1.82, 2.24) is 14.8 Å². The molecule has 34 heavy (non-hydrogen) atoms. The first kappa shape index (κ1) is 22.7. The van der Waals surface area contributed by atoms with Crippen molar-refractivity contribution in [1.29, 1.82) is 0 Å². The van der Waals surface area contributed by atoms with Gasteiger partial charge in [0.05, 0.1) is 25.4 Å². The molecule has 0 bridgehead atoms. The number of benzene rings is 2. The number of hydrazone groups is 1. The molecule has 2 aromatic carbocycles. The summed E-state index contributed by atoms with van der Waals surface area (Å²) in [6, 6.07) is 13.9. The second kappa shape index (κ2) is 9.64. The van der Waals surface area contributed by atoms with E-state index in [0.29, 0.717) is 24.8 Å². The average molecular weight is 465 g/mol. The Labute approximate surface area is 200 Å². The lowest BCUT2D eigenvalue weighted by molar-refractivity contribution is -0.134. The van der Waals surface area contributed by atoms with Crippen LogP contribution < -0.4 is 14.2 Å². The summed E-state index contributed by atoms with van der Waals surface area (Å²) in [5.74, 6) is 2.25. The molecule has 5 rings (SSSR count). The molecule has 2 aromatic rings. The molecular formula is C26H32N4O4. The van der Waals surface area contributed by atoms with Crippen LogP contribution in [-0.4, -0.2) is 80.1 Å². The number of carbonyl (C=O) groups excluding carboxylic acids is 1. The standard InChI is InChI=1S/C26H32N4O4/c1-28-12-10-20(11-13-28)29(2)16-26(31)30-23(19-6-9-24-25(14-19)34-17-33-24)15-22(27-30)18-4-7-21(32-3)8-5-18/h4-9,14,20,23H,10-13,15-17H2,1-3H3. The Balaban J connectivity index is 1.38. The van der Waals surface area contributed by atoms with E-state index in [9.17, 15) is 4.79 Å². The molecule has 1 amide bonds. The molecule has 8 heteroatoms. The second-order valence-electron chi connectivity index (χ2n) is 9.30. The van der Waals surface area contributed by atoms with Gasteiger partial charge < -0.3 is 19.1 Å². The van der Waals surface area contributed by atoms with Gasteiger partial charge in [-0.25, -0.2) is 5.01 Å². The molecule has 0 aliphatic carbocycles. The molecule has 180 valence electrons. The number of fused-ring (bicyclic) bond motifs is 1. The van der Waals surface area contributed by atoms with Crippen LogP contribution in [0.4, 0.5) is 0 Å². The lowest BCUT2D eigenvalue weighted by Crippen LogP contribution is -2.45. The molecule has 0 spiro atoms. The van der Waals surface area contributed by atoms with Gasteiger partial charge in [-0.05, 0) is 87.6 Å². The van der Waals surface area contributed by atoms with E-state index in [0.717, 1.165) is 54.3 Å². The molecule has 0 radical (unpaired) electrons. The molecule has 3 heterocycles. The number of rotatable bonds is 6. The van der Waals surface area contributed by atoms with Crippen molar-refractivity contribution in [2.24, 2.45) is 5.10 Å². The molecule has 1 fully saturated rings. The maximum absolute atomic E-state index is 13.5. The number of hydrogen-bond donors (Lipinski definition) is 0. The van der Waals surface area contributed by atoms with E-state index in [1.54, 1.807) is 12.1 Å². The van der Waals surface area contributed by atoms with E-state index in [-0.39, 0.29) is 18.7 Å². The number of ether oxygens (including phenoxy) is 3. The van der Waals surface area contributed by atoms with Crippen molar-refractivity contribution in [2.75, 3.05) is 47.6 Å². The Bertz CT molecular complexity index is 1060. The molecule has 0 N–H and O–H groups in total. The number of carbonyl (C=O) groups is 1. The Kier molecular flexibility index (Phi) is 6.43. The largest absolute Gasteiger partial charge is 0.497 e. The fourth-order valence-corrected chi connectivity index (χ4v) is 4.93. The van der Waals surface area contributed by atoms with Gasteiger partial charge in [-0.3, -0.25) is 9.69 Å². The Morgan fingerprint density at radius 1 is 1.12 bits per heavy atom. The monoisotopic (exact) mass is 464 g/mol. The van der Waals surface area contributed by atoms with Gasteiger partial charge in [-0.1, -0.05) is 6.07 Å². The number of nitrogens with zero attached hydrogens (tertiary/aromatic N) is 4. The molecule has 3 aliphatic rings. The van der Waals surface area contributed by atoms with Crippen LogP contribution in [-0.2, 0) is 4.79 Å². The third kappa shape index (κ3) is 4.60. The summed E-state index contributed by atoms with van der Waals surface area (Å²) >= 11 is 0. The Hall–Kier alpha value is -3.10. The highest BCUT2D eigenvalue weighted by molar-refractivity contribution is 6.03. The summed E-state index contributed by atoms with van der Waals surface area (Å²) in [4.78, 5) is 18.1. The van der Waals surface area contributed by atoms with Crippen LogP contribution in [0.25, 0.3) is 0 Å². The fraction of sp³-hybridized carbons (Fsp3) is 0.462. The van der Waals surface area contributed by atoms with Gasteiger partial charge in [-0.2, -0.15) is 5.10 Å². The minimum Gasteiger partial charge on any atom is -0.497 e. The summed E-state index contributed by atoms with van der Waals surface area (Å²) in [6.07, 6.45) is 2.79. The van der Waals surface area contributed by atoms with Crippen LogP contribution in [0.5, 0.6) is 17.2 Å². The van der Waals surface area contributed by atoms with Crippen LogP contribution in [0.2, 0.25) is 0 Å². The first-order chi connectivity index (χ1) is 16.5. The van der Waals surface area contributed by atoms with Crippen LogP contribution in [0.3, 0.4) is 0 Å². The maximum atomic E-state index is 13.5. The zero-order valence-electron chi connectivity index (χ0n) is 20.1. The molecule has 0 saturated carbocycles. The van der Waals surface area contributed by atoms with E-state index in [1.165, 1.54) is 0 Å². The van der Waals surface area contributed by atoms with Gasteiger partial charge in [0.15, 0.2) is 11.5 Å². The van der Waals surface area contributed by atoms with Gasteiger partial charge in [0.2, 0.25) is 6.79 Å². The van der Waals surface area contributed by atoms with E-state index < -0.39 is 0 Å². The molecule has 1 atom stereocenters. The third-order valence-corrected chi connectivity index (χ3v) is 7.07. The van der Waals surface area contributed by atoms with Crippen LogP contribution in [0.1, 0.15) is 36.4 Å². The van der Waals surface area contributed by atoms with E-state index in [2.05, 4.69) is 16.8 Å². The number of likely N-dealkylation sites (tertiary alicyclic amines) is 1. The fourth-order valence-electron chi connectivity index (χ4n) is 4.93. The van der Waals surface area contributed by atoms with Gasteiger partial charge in [0.25, 0.3) is 5.91 Å². The van der Waals surface area contributed by atoms with E-state index in [4.69, 9.17) is 19.3 Å². The third-order valence-electron chi connectivity index (χ3n) is 7.07. The average Bonchev–Trinajstić information content (AvgIpc) is 3.51. The quantitative estimate of drug-likeness (QED) is 0.655. The SMILES string of the molecule is COc1ccc(C2=NN(C(=O)CN(C)C3CCN(C)CC3)C(c3ccc4c(c3)OCO4)C2)cc1. The van der Waals surface area contributed by atoms with Crippen molar-refractivity contribution < 1.29 is 19.0 Å². The summed E-state index contributed by atoms with van der Waals surface area (Å²) in [6.45, 7) is 2.69. The van der Waals surface area contributed by atoms with Gasteiger partial charge >= 0.3 is 0 Å². The lowest BCUT2D eigenvalue weighted by atomic mass is 9.98. The lowest BCUT2D eigenvalue weighted by Gasteiger charge is -2.35. The topological polar surface area (TPSA) is 66.8 Å². The smallest absolute Gasteiger partial charge is 0.257 e. The number of hydrogen-bond acceptors (Lipinski definition) is 7. The van der Waals surface area contributed by atoms with Crippen LogP contribution >= 0.6 is 0 Å². The molecule has 8 nitrogen and oxygen atoms in total. The predicted octanol–water partition coefficient (Wildman–Crippen LogP) is 3.13. The van der Waals surface area contributed by atoms with Crippen molar-refractivity contribution in [3.8, 4) is 17.2 Å². The number of likely N-dealkylation sites (N-methyl/N-ethyl adjacent to an activating group) is 1. The summed E-state index contributed by atoms with van der Waals surface area (Å²) in [5.41, 5.74) is 2.87. The zero-order chi connectivity index (χ0) is 23.7. The van der Waals surface area contributed by atoms with Crippen molar-refractivity contribution in [2.45, 2.75) is 31.3 Å². The van der Waals surface area contributed by atoms with Crippen LogP contribution in [0, 0.1) is 0 Å². The van der Waals surface area contributed by atoms with E-state index >= 15 is 0 Å². The van der Waals surface area contributed by atoms with Gasteiger partial charge in [-0.15, -0.1) is 0 Å². The Morgan fingerprint density at radius 3 is 2.59 bits per heavy atom. The maximum Gasteiger partial charge on any atom is 0.257 e. The van der Waals surface area contributed by atoms with Gasteiger partial charge in [0, 0.05) is 12.5 Å². The van der Waals surface area contributed by atoms with Crippen molar-refractivity contribution in [3.63, 3.8) is 0 Å². The summed E-state index contributed by atoms with van der Waals surface area (Å²) in [7, 11) is 5.85. The van der Waals surface area contributed by atoms with Crippen molar-refractivity contribution >= 4 is 11.6 Å². The number of amides is 1. The highest BCUT2D eigenvalue weighted by atomic mass is 16.7. The van der Waals surface area contributed by atoms with Crippen molar-refractivity contribution in [3.05, 3.63) is 53.6 Å². The van der Waals surface area contributed by atoms with Gasteiger partial charge in [0.1, 0.15) is 5.75 Å². The predicted molar refractivity (Wildman–Crippen MR) is 129 cm³/mol.